The molecule has 0 aromatic carbocycles. The van der Waals surface area contributed by atoms with E-state index < -0.39 is 0 Å². The third-order valence-corrected chi connectivity index (χ3v) is 3.46. The van der Waals surface area contributed by atoms with Gasteiger partial charge in [-0.1, -0.05) is 32.1 Å². The predicted octanol–water partition coefficient (Wildman–Crippen LogP) is 2.20. The first kappa shape index (κ1) is 13.5. The molecule has 3 N–H and O–H groups in total. The van der Waals surface area contributed by atoms with Gasteiger partial charge < -0.3 is 11.1 Å². The van der Waals surface area contributed by atoms with Gasteiger partial charge >= 0.3 is 0 Å². The first-order valence-electron chi connectivity index (χ1n) is 6.79. The number of nitrogens with one attached hydrogen (secondary N) is 1. The molecule has 3 heteroatoms. The minimum absolute atomic E-state index is 0.198. The lowest BCUT2D eigenvalue weighted by Gasteiger charge is -2.21. The van der Waals surface area contributed by atoms with Crippen LogP contribution in [0, 0.1) is 5.92 Å². The highest BCUT2D eigenvalue weighted by Gasteiger charge is 2.12. The fourth-order valence-electron chi connectivity index (χ4n) is 2.41. The Morgan fingerprint density at radius 3 is 2.62 bits per heavy atom. The highest BCUT2D eigenvalue weighted by atomic mass is 16.1. The second kappa shape index (κ2) is 8.57. The number of hydrogen-bond acceptors (Lipinski definition) is 2. The Morgan fingerprint density at radius 1 is 1.19 bits per heavy atom. The summed E-state index contributed by atoms with van der Waals surface area (Å²) in [7, 11) is 0. The van der Waals surface area contributed by atoms with Gasteiger partial charge in [0, 0.05) is 13.0 Å². The van der Waals surface area contributed by atoms with Crippen LogP contribution in [0.25, 0.3) is 0 Å². The van der Waals surface area contributed by atoms with Crippen molar-refractivity contribution in [3.05, 3.63) is 0 Å². The molecule has 0 spiro atoms. The van der Waals surface area contributed by atoms with E-state index in [1.54, 1.807) is 0 Å². The van der Waals surface area contributed by atoms with Crippen LogP contribution in [0.5, 0.6) is 0 Å². The maximum atomic E-state index is 11.4. The van der Waals surface area contributed by atoms with Gasteiger partial charge in [0.1, 0.15) is 0 Å². The second-order valence-electron chi connectivity index (χ2n) is 4.89. The molecule has 1 fully saturated rings. The van der Waals surface area contributed by atoms with Crippen molar-refractivity contribution in [1.29, 1.82) is 0 Å². The van der Waals surface area contributed by atoms with E-state index in [0.717, 1.165) is 25.3 Å². The molecule has 0 aliphatic heterocycles. The van der Waals surface area contributed by atoms with Gasteiger partial charge in [0.15, 0.2) is 0 Å². The van der Waals surface area contributed by atoms with Gasteiger partial charge in [-0.25, -0.2) is 0 Å². The van der Waals surface area contributed by atoms with Crippen LogP contribution in [0.15, 0.2) is 0 Å². The summed E-state index contributed by atoms with van der Waals surface area (Å²) in [4.78, 5) is 11.4. The summed E-state index contributed by atoms with van der Waals surface area (Å²) in [6, 6.07) is 0. The molecule has 3 nitrogen and oxygen atoms in total. The monoisotopic (exact) mass is 226 g/mol. The molecular weight excluding hydrogens is 200 g/mol. The van der Waals surface area contributed by atoms with E-state index in [1.165, 1.54) is 38.5 Å². The first-order valence-corrected chi connectivity index (χ1v) is 6.79. The zero-order chi connectivity index (χ0) is 11.6. The van der Waals surface area contributed by atoms with Gasteiger partial charge in [-0.15, -0.1) is 0 Å². The van der Waals surface area contributed by atoms with Crippen molar-refractivity contribution < 1.29 is 4.79 Å². The number of rotatable bonds is 7. The normalized spacial score (nSPS) is 17.3. The van der Waals surface area contributed by atoms with E-state index in [1.807, 2.05) is 0 Å². The maximum absolute atomic E-state index is 11.4. The smallest absolute Gasteiger partial charge is 0.219 e. The highest BCUT2D eigenvalue weighted by molar-refractivity contribution is 5.75. The zero-order valence-electron chi connectivity index (χ0n) is 10.3. The summed E-state index contributed by atoms with van der Waals surface area (Å²) in [6.45, 7) is 1.56. The minimum Gasteiger partial charge on any atom is -0.356 e. The van der Waals surface area contributed by atoms with E-state index in [4.69, 9.17) is 5.73 Å². The lowest BCUT2D eigenvalue weighted by atomic mass is 9.87. The van der Waals surface area contributed by atoms with Crippen LogP contribution in [0.1, 0.15) is 57.8 Å². The largest absolute Gasteiger partial charge is 0.356 e. The average Bonchev–Trinajstić information content (AvgIpc) is 2.31. The molecule has 0 saturated heterocycles. The standard InChI is InChI=1S/C13H26N2O/c14-10-5-4-8-13(16)15-11-9-12-6-2-1-3-7-12/h12H,1-11,14H2,(H,15,16). The van der Waals surface area contributed by atoms with E-state index in [9.17, 15) is 4.79 Å². The highest BCUT2D eigenvalue weighted by Crippen LogP contribution is 2.25. The molecule has 0 aromatic rings. The third-order valence-electron chi connectivity index (χ3n) is 3.46. The van der Waals surface area contributed by atoms with E-state index >= 15 is 0 Å². The number of hydrogen-bond donors (Lipinski definition) is 2. The molecular formula is C13H26N2O. The fraction of sp³-hybridized carbons (Fsp3) is 0.923. The van der Waals surface area contributed by atoms with Gasteiger partial charge in [0.05, 0.1) is 0 Å². The molecule has 0 heterocycles. The maximum Gasteiger partial charge on any atom is 0.219 e. The van der Waals surface area contributed by atoms with Crippen molar-refractivity contribution in [2.75, 3.05) is 13.1 Å². The summed E-state index contributed by atoms with van der Waals surface area (Å²) in [5.41, 5.74) is 5.38. The van der Waals surface area contributed by atoms with E-state index in [-0.39, 0.29) is 5.91 Å². The van der Waals surface area contributed by atoms with Crippen LogP contribution >= 0.6 is 0 Å². The lowest BCUT2D eigenvalue weighted by Crippen LogP contribution is -2.26. The summed E-state index contributed by atoms with van der Waals surface area (Å²) < 4.78 is 0. The van der Waals surface area contributed by atoms with Crippen LogP contribution in [-0.4, -0.2) is 19.0 Å². The zero-order valence-corrected chi connectivity index (χ0v) is 10.3. The van der Waals surface area contributed by atoms with Gasteiger partial charge in [0.2, 0.25) is 5.91 Å². The minimum atomic E-state index is 0.198. The van der Waals surface area contributed by atoms with Gasteiger partial charge in [0.25, 0.3) is 0 Å². The number of nitrogens with two attached hydrogens (primary N) is 1. The number of unbranched alkanes of at least 4 members (excludes halogenated alkanes) is 1. The summed E-state index contributed by atoms with van der Waals surface area (Å²) in [6.07, 6.45) is 10.6. The Morgan fingerprint density at radius 2 is 1.94 bits per heavy atom. The summed E-state index contributed by atoms with van der Waals surface area (Å²) in [5.74, 6) is 1.06. The first-order chi connectivity index (χ1) is 7.83. The van der Waals surface area contributed by atoms with Crippen molar-refractivity contribution in [3.8, 4) is 0 Å². The molecule has 1 aliphatic carbocycles. The van der Waals surface area contributed by atoms with E-state index in [0.29, 0.717) is 13.0 Å². The number of carbonyl (C=O) groups is 1. The van der Waals surface area contributed by atoms with Gasteiger partial charge in [-0.2, -0.15) is 0 Å². The molecule has 1 rings (SSSR count). The Hall–Kier alpha value is -0.570. The topological polar surface area (TPSA) is 55.1 Å². The van der Waals surface area contributed by atoms with Crippen molar-refractivity contribution in [2.24, 2.45) is 11.7 Å². The van der Waals surface area contributed by atoms with Crippen LogP contribution in [0.4, 0.5) is 0 Å². The molecule has 0 atom stereocenters. The SMILES string of the molecule is NCCCCC(=O)NCCC1CCCCC1. The summed E-state index contributed by atoms with van der Waals surface area (Å²) >= 11 is 0. The fourth-order valence-corrected chi connectivity index (χ4v) is 2.41. The summed E-state index contributed by atoms with van der Waals surface area (Å²) in [5, 5.41) is 3.01. The van der Waals surface area contributed by atoms with Crippen molar-refractivity contribution in [1.82, 2.24) is 5.32 Å². The molecule has 1 aliphatic rings. The molecule has 16 heavy (non-hydrogen) atoms. The van der Waals surface area contributed by atoms with Crippen molar-refractivity contribution >= 4 is 5.91 Å². The Balaban J connectivity index is 1.94. The molecule has 0 bridgehead atoms. The predicted molar refractivity (Wildman–Crippen MR) is 67.1 cm³/mol. The lowest BCUT2D eigenvalue weighted by molar-refractivity contribution is -0.121. The van der Waals surface area contributed by atoms with Crippen LogP contribution in [0.3, 0.4) is 0 Å². The number of carbonyl (C=O) groups excluding carboxylic acids is 1. The van der Waals surface area contributed by atoms with Gasteiger partial charge in [-0.3, -0.25) is 4.79 Å². The molecule has 1 amide bonds. The van der Waals surface area contributed by atoms with Gasteiger partial charge in [-0.05, 0) is 31.7 Å². The van der Waals surface area contributed by atoms with Crippen molar-refractivity contribution in [3.63, 3.8) is 0 Å². The average molecular weight is 226 g/mol. The van der Waals surface area contributed by atoms with Crippen LogP contribution in [-0.2, 0) is 4.79 Å². The second-order valence-corrected chi connectivity index (χ2v) is 4.89. The van der Waals surface area contributed by atoms with E-state index in [2.05, 4.69) is 5.32 Å². The molecule has 0 radical (unpaired) electrons. The quantitative estimate of drug-likeness (QED) is 0.654. The Kier molecular flexibility index (Phi) is 7.23. The molecule has 0 aromatic heterocycles. The molecule has 0 unspecified atom stereocenters. The number of amides is 1. The Labute approximate surface area is 99.2 Å². The Bertz CT molecular complexity index is 188. The molecule has 1 saturated carbocycles. The van der Waals surface area contributed by atoms with Crippen LogP contribution < -0.4 is 11.1 Å². The van der Waals surface area contributed by atoms with Crippen LogP contribution in [0.2, 0.25) is 0 Å². The third kappa shape index (κ3) is 6.11. The molecule has 94 valence electrons. The van der Waals surface area contributed by atoms with Crippen molar-refractivity contribution in [2.45, 2.75) is 57.8 Å².